The number of aryl methyl sites for hydroxylation is 1. The van der Waals surface area contributed by atoms with E-state index in [0.717, 1.165) is 22.5 Å². The molecule has 21 heavy (non-hydrogen) atoms. The molecule has 0 saturated heterocycles. The number of anilines is 2. The quantitative estimate of drug-likeness (QED) is 0.930. The number of nitrogens with one attached hydrogen (secondary N) is 1. The van der Waals surface area contributed by atoms with Crippen molar-refractivity contribution < 1.29 is 4.39 Å². The van der Waals surface area contributed by atoms with Gasteiger partial charge in [-0.15, -0.1) is 0 Å². The van der Waals surface area contributed by atoms with Gasteiger partial charge in [0, 0.05) is 32.0 Å². The van der Waals surface area contributed by atoms with Gasteiger partial charge < -0.3 is 10.2 Å². The van der Waals surface area contributed by atoms with Crippen LogP contribution in [0.4, 0.5) is 15.8 Å². The molecule has 0 heterocycles. The monoisotopic (exact) mass is 283 g/mol. The van der Waals surface area contributed by atoms with Crippen LogP contribution in [0.2, 0.25) is 0 Å². The second-order valence-electron chi connectivity index (χ2n) is 5.17. The first-order valence-electron chi connectivity index (χ1n) is 6.71. The van der Waals surface area contributed by atoms with Crippen LogP contribution in [-0.4, -0.2) is 14.1 Å². The molecule has 0 radical (unpaired) electrons. The predicted octanol–water partition coefficient (Wildman–Crippen LogP) is 3.68. The van der Waals surface area contributed by atoms with Crippen LogP contribution >= 0.6 is 0 Å². The van der Waals surface area contributed by atoms with Gasteiger partial charge in [-0.3, -0.25) is 0 Å². The number of rotatable bonds is 4. The first-order chi connectivity index (χ1) is 10.0. The highest BCUT2D eigenvalue weighted by atomic mass is 19.1. The SMILES string of the molecule is Cc1cc(N(C)C)ccc1NCc1ccc(F)c(C#N)c1. The Morgan fingerprint density at radius 2 is 1.95 bits per heavy atom. The summed E-state index contributed by atoms with van der Waals surface area (Å²) in [5.41, 5.74) is 4.27. The average molecular weight is 283 g/mol. The van der Waals surface area contributed by atoms with E-state index in [1.807, 2.05) is 39.2 Å². The number of nitrogens with zero attached hydrogens (tertiary/aromatic N) is 2. The molecular weight excluding hydrogens is 265 g/mol. The molecule has 2 aromatic carbocycles. The normalized spacial score (nSPS) is 10.0. The van der Waals surface area contributed by atoms with E-state index >= 15 is 0 Å². The number of hydrogen-bond acceptors (Lipinski definition) is 3. The topological polar surface area (TPSA) is 39.1 Å². The van der Waals surface area contributed by atoms with Gasteiger partial charge in [0.25, 0.3) is 0 Å². The van der Waals surface area contributed by atoms with Gasteiger partial charge in [-0.25, -0.2) is 4.39 Å². The third-order valence-corrected chi connectivity index (χ3v) is 3.36. The highest BCUT2D eigenvalue weighted by molar-refractivity contribution is 5.60. The summed E-state index contributed by atoms with van der Waals surface area (Å²) < 4.78 is 13.3. The summed E-state index contributed by atoms with van der Waals surface area (Å²) in [4.78, 5) is 2.05. The number of halogens is 1. The lowest BCUT2D eigenvalue weighted by molar-refractivity contribution is 0.623. The van der Waals surface area contributed by atoms with Crippen LogP contribution in [0.1, 0.15) is 16.7 Å². The first-order valence-corrected chi connectivity index (χ1v) is 6.71. The molecule has 2 rings (SSSR count). The molecule has 0 saturated carbocycles. The van der Waals surface area contributed by atoms with Gasteiger partial charge in [0.1, 0.15) is 11.9 Å². The lowest BCUT2D eigenvalue weighted by Gasteiger charge is -2.16. The average Bonchev–Trinajstić information content (AvgIpc) is 2.47. The van der Waals surface area contributed by atoms with E-state index in [2.05, 4.69) is 16.3 Å². The van der Waals surface area contributed by atoms with Crippen molar-refractivity contribution in [3.05, 3.63) is 58.9 Å². The number of hydrogen-bond donors (Lipinski definition) is 1. The van der Waals surface area contributed by atoms with Crippen molar-refractivity contribution in [1.29, 1.82) is 5.26 Å². The molecule has 108 valence electrons. The Hall–Kier alpha value is -2.54. The van der Waals surface area contributed by atoms with Crippen molar-refractivity contribution in [1.82, 2.24) is 0 Å². The molecule has 4 heteroatoms. The zero-order valence-electron chi connectivity index (χ0n) is 12.4. The van der Waals surface area contributed by atoms with Gasteiger partial charge in [-0.1, -0.05) is 6.07 Å². The van der Waals surface area contributed by atoms with Gasteiger partial charge in [0.05, 0.1) is 5.56 Å². The van der Waals surface area contributed by atoms with E-state index in [0.29, 0.717) is 6.54 Å². The maximum Gasteiger partial charge on any atom is 0.140 e. The minimum Gasteiger partial charge on any atom is -0.381 e. The largest absolute Gasteiger partial charge is 0.381 e. The molecule has 0 aliphatic heterocycles. The Morgan fingerprint density at radius 3 is 2.57 bits per heavy atom. The fourth-order valence-electron chi connectivity index (χ4n) is 2.09. The van der Waals surface area contributed by atoms with Crippen molar-refractivity contribution in [2.24, 2.45) is 0 Å². The Morgan fingerprint density at radius 1 is 1.19 bits per heavy atom. The Balaban J connectivity index is 2.12. The van der Waals surface area contributed by atoms with Crippen LogP contribution in [0.15, 0.2) is 36.4 Å². The lowest BCUT2D eigenvalue weighted by Crippen LogP contribution is -2.09. The van der Waals surface area contributed by atoms with Gasteiger partial charge in [-0.2, -0.15) is 5.26 Å². The molecule has 0 amide bonds. The predicted molar refractivity (Wildman–Crippen MR) is 83.9 cm³/mol. The Bertz CT molecular complexity index is 687. The number of benzene rings is 2. The maximum atomic E-state index is 13.3. The van der Waals surface area contributed by atoms with Crippen molar-refractivity contribution in [2.75, 3.05) is 24.3 Å². The van der Waals surface area contributed by atoms with Crippen LogP contribution in [-0.2, 0) is 6.54 Å². The van der Waals surface area contributed by atoms with Crippen molar-refractivity contribution in [3.8, 4) is 6.07 Å². The van der Waals surface area contributed by atoms with Crippen molar-refractivity contribution >= 4 is 11.4 Å². The van der Waals surface area contributed by atoms with E-state index < -0.39 is 5.82 Å². The minimum atomic E-state index is -0.479. The third-order valence-electron chi connectivity index (χ3n) is 3.36. The van der Waals surface area contributed by atoms with E-state index in [1.165, 1.54) is 6.07 Å². The summed E-state index contributed by atoms with van der Waals surface area (Å²) in [7, 11) is 4.01. The van der Waals surface area contributed by atoms with Crippen LogP contribution in [0.3, 0.4) is 0 Å². The smallest absolute Gasteiger partial charge is 0.140 e. The zero-order valence-corrected chi connectivity index (χ0v) is 12.4. The highest BCUT2D eigenvalue weighted by Crippen LogP contribution is 2.22. The summed E-state index contributed by atoms with van der Waals surface area (Å²) in [6.07, 6.45) is 0. The van der Waals surface area contributed by atoms with Gasteiger partial charge in [0.2, 0.25) is 0 Å². The molecule has 0 aliphatic rings. The Labute approximate surface area is 124 Å². The maximum absolute atomic E-state index is 13.3. The Kier molecular flexibility index (Phi) is 4.44. The summed E-state index contributed by atoms with van der Waals surface area (Å²) in [5.74, 6) is -0.479. The molecule has 0 aromatic heterocycles. The van der Waals surface area contributed by atoms with Gasteiger partial charge in [0.15, 0.2) is 0 Å². The van der Waals surface area contributed by atoms with E-state index in [9.17, 15) is 4.39 Å². The lowest BCUT2D eigenvalue weighted by atomic mass is 10.1. The molecule has 0 spiro atoms. The molecule has 0 aliphatic carbocycles. The molecular formula is C17H18FN3. The minimum absolute atomic E-state index is 0.0778. The highest BCUT2D eigenvalue weighted by Gasteiger charge is 2.04. The summed E-state index contributed by atoms with van der Waals surface area (Å²) in [6, 6.07) is 12.6. The third kappa shape index (κ3) is 3.51. The summed E-state index contributed by atoms with van der Waals surface area (Å²) in [6.45, 7) is 2.60. The van der Waals surface area contributed by atoms with Crippen LogP contribution in [0.5, 0.6) is 0 Å². The first kappa shape index (κ1) is 14.9. The molecule has 2 aromatic rings. The fourth-order valence-corrected chi connectivity index (χ4v) is 2.09. The van der Waals surface area contributed by atoms with E-state index in [-0.39, 0.29) is 5.56 Å². The van der Waals surface area contributed by atoms with Crippen LogP contribution in [0, 0.1) is 24.1 Å². The zero-order chi connectivity index (χ0) is 15.4. The standard InChI is InChI=1S/C17H18FN3/c1-12-8-15(21(2)3)5-7-17(12)20-11-13-4-6-16(18)14(9-13)10-19/h4-9,20H,11H2,1-3H3. The molecule has 1 N–H and O–H groups in total. The van der Waals surface area contributed by atoms with Crippen LogP contribution < -0.4 is 10.2 Å². The molecule has 0 fully saturated rings. The molecule has 0 bridgehead atoms. The molecule has 0 unspecified atom stereocenters. The summed E-state index contributed by atoms with van der Waals surface area (Å²) >= 11 is 0. The number of nitriles is 1. The fraction of sp³-hybridized carbons (Fsp3) is 0.235. The van der Waals surface area contributed by atoms with Crippen molar-refractivity contribution in [3.63, 3.8) is 0 Å². The second kappa shape index (κ2) is 6.27. The van der Waals surface area contributed by atoms with Crippen molar-refractivity contribution in [2.45, 2.75) is 13.5 Å². The van der Waals surface area contributed by atoms with E-state index in [4.69, 9.17) is 5.26 Å². The van der Waals surface area contributed by atoms with E-state index in [1.54, 1.807) is 12.1 Å². The van der Waals surface area contributed by atoms with Gasteiger partial charge in [-0.05, 0) is 48.4 Å². The molecule has 3 nitrogen and oxygen atoms in total. The van der Waals surface area contributed by atoms with Crippen LogP contribution in [0.25, 0.3) is 0 Å². The van der Waals surface area contributed by atoms with Gasteiger partial charge >= 0.3 is 0 Å². The summed E-state index contributed by atoms with van der Waals surface area (Å²) in [5, 5.41) is 12.2. The second-order valence-corrected chi connectivity index (χ2v) is 5.17. The molecule has 0 atom stereocenters.